The Balaban J connectivity index is 1.44. The molecule has 6 atom stereocenters. The van der Waals surface area contributed by atoms with Crippen LogP contribution in [0, 0.1) is 11.8 Å². The van der Waals surface area contributed by atoms with Gasteiger partial charge >= 0.3 is 5.97 Å². The van der Waals surface area contributed by atoms with Gasteiger partial charge in [-0.15, -0.1) is 0 Å². The summed E-state index contributed by atoms with van der Waals surface area (Å²) in [6.45, 7) is 1.59. The van der Waals surface area contributed by atoms with Crippen molar-refractivity contribution in [3.63, 3.8) is 0 Å². The quantitative estimate of drug-likeness (QED) is 0.0354. The van der Waals surface area contributed by atoms with Crippen LogP contribution in [0.25, 0.3) is 12.2 Å². The molecule has 10 N–H and O–H groups in total. The molecule has 0 spiro atoms. The third-order valence-corrected chi connectivity index (χ3v) is 13.6. The summed E-state index contributed by atoms with van der Waals surface area (Å²) in [5.74, 6) is -1.42. The lowest BCUT2D eigenvalue weighted by Crippen LogP contribution is -2.67. The Labute approximate surface area is 397 Å². The maximum Gasteiger partial charge on any atom is 0.308 e. The fourth-order valence-corrected chi connectivity index (χ4v) is 10.1. The number of ether oxygens (including phenoxy) is 3. The Morgan fingerprint density at radius 1 is 0.913 bits per heavy atom. The average Bonchev–Trinajstić information content (AvgIpc) is 3.31. The van der Waals surface area contributed by atoms with E-state index < -0.39 is 108 Å². The van der Waals surface area contributed by atoms with Crippen molar-refractivity contribution in [2.24, 2.45) is 5.73 Å². The molecule has 1 aliphatic heterocycles. The normalized spacial score (nSPS) is 24.0. The predicted molar refractivity (Wildman–Crippen MR) is 248 cm³/mol. The molecule has 362 valence electrons. The van der Waals surface area contributed by atoms with Crippen molar-refractivity contribution in [1.82, 2.24) is 0 Å². The molecule has 0 radical (unpaired) electrons. The molecule has 0 amide bonds. The molecule has 4 bridgehead atoms. The van der Waals surface area contributed by atoms with Crippen LogP contribution in [0.4, 0.5) is 0 Å². The fraction of sp³-hybridized carbons (Fsp3) is 0.396. The van der Waals surface area contributed by atoms with Gasteiger partial charge in [-0.1, -0.05) is 79.6 Å². The number of nitrogens with two attached hydrogens (primary N) is 1. The number of aldehydes is 1. The van der Waals surface area contributed by atoms with E-state index in [2.05, 4.69) is 11.8 Å². The molecule has 2 fully saturated rings. The van der Waals surface area contributed by atoms with E-state index in [0.717, 1.165) is 18.9 Å². The average molecular weight is 946 g/mol. The number of aliphatic hydroxyl groups excluding tert-OH is 4. The predicted octanol–water partition coefficient (Wildman–Crippen LogP) is 3.41. The third kappa shape index (κ3) is 9.38. The molecule has 4 aromatic carbocycles. The van der Waals surface area contributed by atoms with Crippen molar-refractivity contribution >= 4 is 36.0 Å². The van der Waals surface area contributed by atoms with E-state index in [4.69, 9.17) is 19.9 Å². The Morgan fingerprint density at radius 2 is 1.64 bits per heavy atom. The summed E-state index contributed by atoms with van der Waals surface area (Å²) in [4.78, 5) is 56.7. The standard InChI is InChI=1S/C53H55NO15/c1-27-49(62)53(65,66)50(63)51(67-27)69-48-36-13-8-12-33(54)16-17-34(58)22-30-10-6-9-29(21-30)15-18-35-40(68-28(2)57)24-32(25-55)41-42(35)47(61)43(36)44(46(41)60)45(59)37(48)23-31-11-7-14-39(38(31)26-56)52(64)19-4-3-5-20-52/h6-7,9-11,14-15,18,21,24,26-27,33-34,49-51,55,58-59,62-66H,3-5,13,16-17,19-20,22-23,25,54H2,1-2H3. The van der Waals surface area contributed by atoms with Crippen LogP contribution in [0.3, 0.4) is 0 Å². The topological polar surface area (TPSA) is 284 Å². The molecule has 1 saturated carbocycles. The minimum absolute atomic E-state index is 0.0506. The monoisotopic (exact) mass is 945 g/mol. The van der Waals surface area contributed by atoms with Gasteiger partial charge in [-0.2, -0.15) is 0 Å². The van der Waals surface area contributed by atoms with Gasteiger partial charge in [0.15, 0.2) is 24.0 Å². The number of aromatic hydroxyl groups is 1. The Morgan fingerprint density at radius 3 is 2.35 bits per heavy atom. The number of ketones is 2. The molecule has 6 unspecified atom stereocenters. The van der Waals surface area contributed by atoms with Gasteiger partial charge in [-0.25, -0.2) is 0 Å². The number of aliphatic hydroxyl groups is 7. The fourth-order valence-electron chi connectivity index (χ4n) is 10.1. The van der Waals surface area contributed by atoms with Gasteiger partial charge in [-0.05, 0) is 79.0 Å². The van der Waals surface area contributed by atoms with E-state index in [-0.39, 0.29) is 69.5 Å². The number of fused-ring (bicyclic) bond motifs is 2. The molecule has 8 rings (SSSR count). The second-order valence-electron chi connectivity index (χ2n) is 18.4. The van der Waals surface area contributed by atoms with Gasteiger partial charge in [0.1, 0.15) is 23.4 Å². The summed E-state index contributed by atoms with van der Waals surface area (Å²) < 4.78 is 17.8. The zero-order valence-electron chi connectivity index (χ0n) is 38.1. The molecule has 4 aliphatic rings. The summed E-state index contributed by atoms with van der Waals surface area (Å²) in [6, 6.07) is 12.4. The van der Waals surface area contributed by atoms with Gasteiger partial charge < -0.3 is 60.8 Å². The zero-order chi connectivity index (χ0) is 49.5. The number of phenols is 1. The molecule has 3 aliphatic carbocycles. The smallest absolute Gasteiger partial charge is 0.308 e. The first-order valence-corrected chi connectivity index (χ1v) is 23.0. The third-order valence-electron chi connectivity index (χ3n) is 13.6. The molecule has 16 nitrogen and oxygen atoms in total. The van der Waals surface area contributed by atoms with Crippen LogP contribution in [-0.2, 0) is 41.0 Å². The minimum atomic E-state index is -3.22. The minimum Gasteiger partial charge on any atom is -0.507 e. The van der Waals surface area contributed by atoms with Crippen LogP contribution in [0.5, 0.6) is 17.2 Å². The molecule has 1 heterocycles. The maximum absolute atomic E-state index is 15.7. The van der Waals surface area contributed by atoms with E-state index in [1.807, 2.05) is 12.1 Å². The number of hydrogen-bond acceptors (Lipinski definition) is 16. The first-order chi connectivity index (χ1) is 32.9. The van der Waals surface area contributed by atoms with Crippen LogP contribution in [0.2, 0.25) is 0 Å². The number of hydrogen-bond donors (Lipinski definition) is 9. The highest BCUT2D eigenvalue weighted by Crippen LogP contribution is 2.49. The lowest BCUT2D eigenvalue weighted by Gasteiger charge is -2.44. The van der Waals surface area contributed by atoms with Crippen molar-refractivity contribution in [1.29, 1.82) is 0 Å². The first kappa shape index (κ1) is 49.3. The zero-order valence-corrected chi connectivity index (χ0v) is 38.1. The number of esters is 1. The number of rotatable bonds is 8. The molecular formula is C53H55NO15. The van der Waals surface area contributed by atoms with Gasteiger partial charge in [0.25, 0.3) is 0 Å². The van der Waals surface area contributed by atoms with Crippen molar-refractivity contribution < 1.29 is 74.2 Å². The number of carbonyl (C=O) groups is 4. The van der Waals surface area contributed by atoms with Crippen LogP contribution in [0.15, 0.2) is 48.5 Å². The highest BCUT2D eigenvalue weighted by Gasteiger charge is 2.55. The maximum atomic E-state index is 15.7. The van der Waals surface area contributed by atoms with Gasteiger partial charge in [0, 0.05) is 58.7 Å². The van der Waals surface area contributed by atoms with Crippen molar-refractivity contribution in [2.45, 2.75) is 133 Å². The van der Waals surface area contributed by atoms with Crippen LogP contribution in [-0.4, -0.2) is 107 Å². The summed E-state index contributed by atoms with van der Waals surface area (Å²) in [6.07, 6.45) is -2.13. The van der Waals surface area contributed by atoms with Crippen LogP contribution in [0.1, 0.15) is 146 Å². The van der Waals surface area contributed by atoms with Crippen LogP contribution >= 0.6 is 0 Å². The largest absolute Gasteiger partial charge is 0.507 e. The molecule has 1 saturated heterocycles. The summed E-state index contributed by atoms with van der Waals surface area (Å²) in [7, 11) is 0. The van der Waals surface area contributed by atoms with E-state index in [0.29, 0.717) is 43.1 Å². The van der Waals surface area contributed by atoms with E-state index in [1.54, 1.807) is 36.4 Å². The molecule has 0 aromatic heterocycles. The van der Waals surface area contributed by atoms with Gasteiger partial charge in [0.2, 0.25) is 12.1 Å². The molecule has 4 aromatic rings. The van der Waals surface area contributed by atoms with E-state index in [9.17, 15) is 50.4 Å². The Kier molecular flexibility index (Phi) is 14.1. The molecule has 16 heteroatoms. The van der Waals surface area contributed by atoms with Crippen molar-refractivity contribution in [2.75, 3.05) is 0 Å². The molecule has 69 heavy (non-hydrogen) atoms. The highest BCUT2D eigenvalue weighted by molar-refractivity contribution is 6.32. The van der Waals surface area contributed by atoms with E-state index >= 15 is 9.59 Å². The summed E-state index contributed by atoms with van der Waals surface area (Å²) in [5, 5.41) is 90.3. The Bertz CT molecular complexity index is 2810. The van der Waals surface area contributed by atoms with Crippen molar-refractivity contribution in [3.05, 3.63) is 121 Å². The Hall–Kier alpha value is -6.10. The first-order valence-electron chi connectivity index (χ1n) is 23.0. The molecular weight excluding hydrogens is 891 g/mol. The lowest BCUT2D eigenvalue weighted by molar-refractivity contribution is -0.371. The SMILES string of the molecule is CC(=O)Oc1cc(CO)c2c3c1C=Cc1cccc(c1)CC(O)CCC(N)C#CCc1c(OC4OC(C)C(O)C(O)(O)C4O)c(Cc4cccc(C5(O)CCCCC5)c4C=O)c(O)c(c1C3=O)C2=O. The summed E-state index contributed by atoms with van der Waals surface area (Å²) >= 11 is 0. The van der Waals surface area contributed by atoms with Gasteiger partial charge in [-0.3, -0.25) is 19.2 Å². The number of phenolic OH excluding ortho intramolecular Hbond substituents is 1. The number of carbonyl (C=O) groups excluding carboxylic acids is 4. The highest BCUT2D eigenvalue weighted by atomic mass is 16.7. The summed E-state index contributed by atoms with van der Waals surface area (Å²) in [5.41, 5.74) is 4.89. The van der Waals surface area contributed by atoms with Gasteiger partial charge in [0.05, 0.1) is 36.0 Å². The van der Waals surface area contributed by atoms with E-state index in [1.165, 1.54) is 19.1 Å². The van der Waals surface area contributed by atoms with Crippen LogP contribution < -0.4 is 15.2 Å². The second-order valence-corrected chi connectivity index (χ2v) is 18.4. The lowest BCUT2D eigenvalue weighted by atomic mass is 9.74. The van der Waals surface area contributed by atoms with Crippen molar-refractivity contribution in [3.8, 4) is 29.1 Å². The second kappa shape index (κ2) is 19.7. The number of benzene rings is 4.